The molecule has 160 valence electrons. The van der Waals surface area contributed by atoms with Crippen LogP contribution in [0.4, 0.5) is 8.78 Å². The van der Waals surface area contributed by atoms with Crippen LogP contribution in [0.2, 0.25) is 0 Å². The number of nitrogens with zero attached hydrogens (tertiary/aromatic N) is 2. The Bertz CT molecular complexity index is 942. The molecule has 1 aromatic carbocycles. The summed E-state index contributed by atoms with van der Waals surface area (Å²) in [5.41, 5.74) is 0.0657. The molecule has 2 aromatic rings. The third-order valence-corrected chi connectivity index (χ3v) is 6.06. The van der Waals surface area contributed by atoms with Crippen LogP contribution in [0.5, 0.6) is 0 Å². The van der Waals surface area contributed by atoms with E-state index in [-0.39, 0.29) is 17.0 Å². The van der Waals surface area contributed by atoms with Crippen molar-refractivity contribution in [1.29, 1.82) is 0 Å². The van der Waals surface area contributed by atoms with E-state index >= 15 is 0 Å². The van der Waals surface area contributed by atoms with Crippen molar-refractivity contribution in [3.05, 3.63) is 41.7 Å². The summed E-state index contributed by atoms with van der Waals surface area (Å²) in [5.74, 6) is -3.98. The second-order valence-corrected chi connectivity index (χ2v) is 7.95. The van der Waals surface area contributed by atoms with Crippen LogP contribution in [-0.4, -0.2) is 52.2 Å². The summed E-state index contributed by atoms with van der Waals surface area (Å²) in [4.78, 5) is 26.6. The molecule has 0 radical (unpaired) electrons. The maximum absolute atomic E-state index is 13.9. The molecule has 0 spiro atoms. The predicted octanol–water partition coefficient (Wildman–Crippen LogP) is 3.07. The van der Waals surface area contributed by atoms with Gasteiger partial charge in [0.2, 0.25) is 5.76 Å². The molecule has 9 heteroatoms. The first-order valence-electron chi connectivity index (χ1n) is 10.1. The summed E-state index contributed by atoms with van der Waals surface area (Å²) >= 11 is 0. The van der Waals surface area contributed by atoms with Crippen molar-refractivity contribution in [3.8, 4) is 11.3 Å². The molecule has 7 nitrogen and oxygen atoms in total. The fourth-order valence-electron chi connectivity index (χ4n) is 4.45. The number of carbonyl (C=O) groups is 2. The highest BCUT2D eigenvalue weighted by Gasteiger charge is 2.38. The van der Waals surface area contributed by atoms with E-state index < -0.39 is 35.5 Å². The average molecular weight is 419 g/mol. The molecule has 1 aromatic heterocycles. The van der Waals surface area contributed by atoms with Crippen LogP contribution in [-0.2, 0) is 4.79 Å². The van der Waals surface area contributed by atoms with Crippen molar-refractivity contribution in [3.63, 3.8) is 0 Å². The Morgan fingerprint density at radius 3 is 2.63 bits per heavy atom. The predicted molar refractivity (Wildman–Crippen MR) is 103 cm³/mol. The largest absolute Gasteiger partial charge is 0.481 e. The van der Waals surface area contributed by atoms with Gasteiger partial charge in [0.05, 0.1) is 5.92 Å². The van der Waals surface area contributed by atoms with Gasteiger partial charge in [0.25, 0.3) is 5.91 Å². The van der Waals surface area contributed by atoms with Crippen LogP contribution >= 0.6 is 0 Å². The molecule has 2 aliphatic rings. The van der Waals surface area contributed by atoms with E-state index in [0.29, 0.717) is 19.0 Å². The van der Waals surface area contributed by atoms with Gasteiger partial charge in [0, 0.05) is 42.9 Å². The van der Waals surface area contributed by atoms with Crippen molar-refractivity contribution < 1.29 is 28.0 Å². The highest BCUT2D eigenvalue weighted by molar-refractivity contribution is 5.93. The molecule has 2 fully saturated rings. The van der Waals surface area contributed by atoms with E-state index in [9.17, 15) is 23.5 Å². The fraction of sp³-hybridized carbons (Fsp3) is 0.476. The molecule has 30 heavy (non-hydrogen) atoms. The number of halogens is 2. The number of likely N-dealkylation sites (tertiary alicyclic amines) is 1. The lowest BCUT2D eigenvalue weighted by atomic mass is 9.90. The number of carboxylic acid groups (broad SMARTS) is 1. The van der Waals surface area contributed by atoms with Crippen molar-refractivity contribution in [2.75, 3.05) is 13.1 Å². The number of aromatic nitrogens is 1. The normalized spacial score (nSPS) is 22.9. The van der Waals surface area contributed by atoms with Gasteiger partial charge in [-0.05, 0) is 31.4 Å². The Balaban J connectivity index is 1.44. The number of rotatable bonds is 5. The van der Waals surface area contributed by atoms with E-state index in [4.69, 9.17) is 4.52 Å². The van der Waals surface area contributed by atoms with Crippen LogP contribution in [0.1, 0.15) is 42.7 Å². The Morgan fingerprint density at radius 2 is 1.93 bits per heavy atom. The Kier molecular flexibility index (Phi) is 5.80. The molecular formula is C21H23F2N3O4. The van der Waals surface area contributed by atoms with Gasteiger partial charge in [-0.25, -0.2) is 8.78 Å². The van der Waals surface area contributed by atoms with Crippen molar-refractivity contribution >= 4 is 11.9 Å². The van der Waals surface area contributed by atoms with Crippen LogP contribution in [0.15, 0.2) is 28.8 Å². The van der Waals surface area contributed by atoms with E-state index in [1.54, 1.807) is 0 Å². The molecular weight excluding hydrogens is 396 g/mol. The molecule has 1 aliphatic heterocycles. The minimum absolute atomic E-state index is 0.00693. The number of piperidine rings is 1. The zero-order valence-corrected chi connectivity index (χ0v) is 16.3. The molecule has 0 bridgehead atoms. The summed E-state index contributed by atoms with van der Waals surface area (Å²) in [7, 11) is 0. The first kappa shape index (κ1) is 20.5. The topological polar surface area (TPSA) is 95.7 Å². The van der Waals surface area contributed by atoms with Crippen LogP contribution in [0, 0.1) is 17.6 Å². The number of nitrogens with one attached hydrogen (secondary N) is 1. The van der Waals surface area contributed by atoms with Gasteiger partial charge in [0.15, 0.2) is 0 Å². The molecule has 1 amide bonds. The summed E-state index contributed by atoms with van der Waals surface area (Å²) in [5, 5.41) is 16.1. The summed E-state index contributed by atoms with van der Waals surface area (Å²) in [6.07, 6.45) is 5.03. The monoisotopic (exact) mass is 419 g/mol. The highest BCUT2D eigenvalue weighted by atomic mass is 19.1. The third-order valence-electron chi connectivity index (χ3n) is 6.06. The Morgan fingerprint density at radius 1 is 1.17 bits per heavy atom. The minimum atomic E-state index is -0.949. The van der Waals surface area contributed by atoms with E-state index in [2.05, 4.69) is 15.4 Å². The molecule has 1 saturated carbocycles. The smallest absolute Gasteiger partial charge is 0.309 e. The van der Waals surface area contributed by atoms with Crippen LogP contribution in [0.25, 0.3) is 11.3 Å². The summed E-state index contributed by atoms with van der Waals surface area (Å²) < 4.78 is 32.0. The third kappa shape index (κ3) is 4.21. The lowest BCUT2D eigenvalue weighted by molar-refractivity contribution is -0.145. The summed E-state index contributed by atoms with van der Waals surface area (Å²) in [6.45, 7) is 1.12. The van der Waals surface area contributed by atoms with Crippen LogP contribution < -0.4 is 5.32 Å². The number of aliphatic carboxylic acids is 1. The van der Waals surface area contributed by atoms with E-state index in [1.165, 1.54) is 25.0 Å². The second-order valence-electron chi connectivity index (χ2n) is 7.95. The molecule has 2 heterocycles. The number of amides is 1. The molecule has 2 atom stereocenters. The van der Waals surface area contributed by atoms with E-state index in [0.717, 1.165) is 31.5 Å². The standard InChI is InChI=1S/C21H23F2N3O4/c22-12-5-6-14(16(23)9-12)18-10-19(30-25-18)20(27)24-17-7-8-26(11-15(17)21(28)29)13-3-1-2-4-13/h5-6,9-10,13,15,17H,1-4,7-8,11H2,(H,24,27)(H,28,29). The average Bonchev–Trinajstić information content (AvgIpc) is 3.40. The molecule has 2 unspecified atom stereocenters. The van der Waals surface area contributed by atoms with E-state index in [1.807, 2.05) is 0 Å². The van der Waals surface area contributed by atoms with Gasteiger partial charge in [-0.1, -0.05) is 18.0 Å². The van der Waals surface area contributed by atoms with Crippen molar-refractivity contribution in [2.45, 2.75) is 44.2 Å². The quantitative estimate of drug-likeness (QED) is 0.773. The van der Waals surface area contributed by atoms with Gasteiger partial charge in [-0.2, -0.15) is 0 Å². The summed E-state index contributed by atoms with van der Waals surface area (Å²) in [6, 6.07) is 4.16. The lowest BCUT2D eigenvalue weighted by Gasteiger charge is -2.39. The first-order chi connectivity index (χ1) is 14.4. The lowest BCUT2D eigenvalue weighted by Crippen LogP contribution is -2.55. The zero-order valence-electron chi connectivity index (χ0n) is 16.3. The fourth-order valence-corrected chi connectivity index (χ4v) is 4.45. The molecule has 1 saturated heterocycles. The van der Waals surface area contributed by atoms with Gasteiger partial charge < -0.3 is 14.9 Å². The highest BCUT2D eigenvalue weighted by Crippen LogP contribution is 2.29. The maximum atomic E-state index is 13.9. The molecule has 1 aliphatic carbocycles. The van der Waals surface area contributed by atoms with Crippen molar-refractivity contribution in [1.82, 2.24) is 15.4 Å². The second kappa shape index (κ2) is 8.51. The molecule has 4 rings (SSSR count). The molecule has 2 N–H and O–H groups in total. The zero-order chi connectivity index (χ0) is 21.3. The SMILES string of the molecule is O=C(NC1CCN(C2CCCC2)CC1C(=O)O)c1cc(-c2ccc(F)cc2F)no1. The minimum Gasteiger partial charge on any atom is -0.481 e. The van der Waals surface area contributed by atoms with Gasteiger partial charge >= 0.3 is 5.97 Å². The number of hydrogen-bond acceptors (Lipinski definition) is 5. The van der Waals surface area contributed by atoms with Crippen LogP contribution in [0.3, 0.4) is 0 Å². The van der Waals surface area contributed by atoms with Gasteiger partial charge in [-0.3, -0.25) is 14.5 Å². The first-order valence-corrected chi connectivity index (χ1v) is 10.1. The number of carbonyl (C=O) groups excluding carboxylic acids is 1. The Labute approximate surface area is 172 Å². The van der Waals surface area contributed by atoms with Crippen molar-refractivity contribution in [2.24, 2.45) is 5.92 Å². The number of carboxylic acids is 1. The maximum Gasteiger partial charge on any atom is 0.309 e. The number of benzene rings is 1. The number of hydrogen-bond donors (Lipinski definition) is 2. The van der Waals surface area contributed by atoms with Gasteiger partial charge in [0.1, 0.15) is 17.3 Å². The Hall–Kier alpha value is -2.81. The van der Waals surface area contributed by atoms with Gasteiger partial charge in [-0.15, -0.1) is 0 Å².